The van der Waals surface area contributed by atoms with Gasteiger partial charge in [-0.2, -0.15) is 15.0 Å². The predicted molar refractivity (Wildman–Crippen MR) is 77.9 cm³/mol. The number of likely N-dealkylation sites (N-methyl/N-ethyl adjacent to an activating group) is 1. The molecule has 10 nitrogen and oxygen atoms in total. The Labute approximate surface area is 122 Å². The highest BCUT2D eigenvalue weighted by Gasteiger charge is 2.16. The molecule has 0 unspecified atom stereocenters. The second kappa shape index (κ2) is 6.99. The number of hydrogen-bond acceptors (Lipinski definition) is 9. The summed E-state index contributed by atoms with van der Waals surface area (Å²) < 4.78 is 5.29. The summed E-state index contributed by atoms with van der Waals surface area (Å²) in [5.74, 6) is 6.34. The molecule has 0 aliphatic carbocycles. The van der Waals surface area contributed by atoms with Crippen LogP contribution in [0.15, 0.2) is 0 Å². The summed E-state index contributed by atoms with van der Waals surface area (Å²) in [4.78, 5) is 27.6. The molecular formula is C11H20N8O2. The molecule has 0 radical (unpaired) electrons. The van der Waals surface area contributed by atoms with Gasteiger partial charge in [-0.25, -0.2) is 5.84 Å². The SMILES string of the molecule is CN(C)C(=O)CNc1nc(NN)nc(N2CCOCC2)n1. The molecule has 0 spiro atoms. The first-order chi connectivity index (χ1) is 10.1. The van der Waals surface area contributed by atoms with Gasteiger partial charge < -0.3 is 19.9 Å². The van der Waals surface area contributed by atoms with Gasteiger partial charge in [-0.3, -0.25) is 10.2 Å². The number of morpholine rings is 1. The fraction of sp³-hybridized carbons (Fsp3) is 0.636. The Morgan fingerprint density at radius 2 is 1.95 bits per heavy atom. The first-order valence-electron chi connectivity index (χ1n) is 6.59. The van der Waals surface area contributed by atoms with E-state index >= 15 is 0 Å². The summed E-state index contributed by atoms with van der Waals surface area (Å²) in [6.45, 7) is 2.75. The van der Waals surface area contributed by atoms with Crippen LogP contribution in [0.5, 0.6) is 0 Å². The van der Waals surface area contributed by atoms with E-state index < -0.39 is 0 Å². The van der Waals surface area contributed by atoms with Crippen molar-refractivity contribution < 1.29 is 9.53 Å². The van der Waals surface area contributed by atoms with Crippen molar-refractivity contribution in [3.05, 3.63) is 0 Å². The van der Waals surface area contributed by atoms with Crippen molar-refractivity contribution in [2.75, 3.05) is 62.6 Å². The molecule has 1 fully saturated rings. The zero-order valence-corrected chi connectivity index (χ0v) is 12.2. The highest BCUT2D eigenvalue weighted by atomic mass is 16.5. The molecule has 116 valence electrons. The average Bonchev–Trinajstić information content (AvgIpc) is 2.52. The lowest BCUT2D eigenvalue weighted by Gasteiger charge is -2.27. The highest BCUT2D eigenvalue weighted by Crippen LogP contribution is 2.14. The van der Waals surface area contributed by atoms with E-state index in [0.29, 0.717) is 38.2 Å². The number of carbonyl (C=O) groups is 1. The van der Waals surface area contributed by atoms with Crippen molar-refractivity contribution in [2.45, 2.75) is 0 Å². The van der Waals surface area contributed by atoms with E-state index in [4.69, 9.17) is 10.6 Å². The van der Waals surface area contributed by atoms with E-state index in [0.717, 1.165) is 0 Å². The molecule has 1 amide bonds. The first-order valence-corrected chi connectivity index (χ1v) is 6.59. The quantitative estimate of drug-likeness (QED) is 0.440. The summed E-state index contributed by atoms with van der Waals surface area (Å²) in [6, 6.07) is 0. The van der Waals surface area contributed by atoms with Gasteiger partial charge in [0.05, 0.1) is 19.8 Å². The number of hydrazine groups is 1. The minimum atomic E-state index is -0.0782. The Balaban J connectivity index is 2.11. The number of ether oxygens (including phenoxy) is 1. The third-order valence-electron chi connectivity index (χ3n) is 2.94. The Hall–Kier alpha value is -2.20. The lowest BCUT2D eigenvalue weighted by molar-refractivity contribution is -0.126. The van der Waals surface area contributed by atoms with Crippen LogP contribution >= 0.6 is 0 Å². The van der Waals surface area contributed by atoms with Gasteiger partial charge in [0, 0.05) is 27.2 Å². The maximum atomic E-state index is 11.6. The van der Waals surface area contributed by atoms with Gasteiger partial charge in [-0.05, 0) is 0 Å². The Morgan fingerprint density at radius 3 is 2.57 bits per heavy atom. The molecule has 2 heterocycles. The molecule has 0 aromatic carbocycles. The number of rotatable bonds is 5. The van der Waals surface area contributed by atoms with Crippen molar-refractivity contribution in [3.8, 4) is 0 Å². The van der Waals surface area contributed by atoms with Crippen LogP contribution in [0.1, 0.15) is 0 Å². The van der Waals surface area contributed by atoms with Gasteiger partial charge >= 0.3 is 0 Å². The summed E-state index contributed by atoms with van der Waals surface area (Å²) in [5, 5.41) is 2.87. The maximum Gasteiger partial charge on any atom is 0.243 e. The molecule has 0 atom stereocenters. The first kappa shape index (κ1) is 15.2. The summed E-state index contributed by atoms with van der Waals surface area (Å²) in [6.07, 6.45) is 0. The van der Waals surface area contributed by atoms with E-state index in [-0.39, 0.29) is 18.4 Å². The van der Waals surface area contributed by atoms with Crippen molar-refractivity contribution in [1.82, 2.24) is 19.9 Å². The monoisotopic (exact) mass is 296 g/mol. The second-order valence-electron chi connectivity index (χ2n) is 4.67. The largest absolute Gasteiger partial charge is 0.378 e. The number of hydrogen-bond donors (Lipinski definition) is 3. The van der Waals surface area contributed by atoms with Gasteiger partial charge in [-0.1, -0.05) is 0 Å². The van der Waals surface area contributed by atoms with Gasteiger partial charge in [0.25, 0.3) is 0 Å². The minimum Gasteiger partial charge on any atom is -0.378 e. The van der Waals surface area contributed by atoms with Crippen molar-refractivity contribution in [2.24, 2.45) is 5.84 Å². The smallest absolute Gasteiger partial charge is 0.243 e. The van der Waals surface area contributed by atoms with Crippen molar-refractivity contribution in [1.29, 1.82) is 0 Å². The molecule has 0 saturated carbocycles. The van der Waals surface area contributed by atoms with Crippen LogP contribution < -0.4 is 21.5 Å². The zero-order valence-electron chi connectivity index (χ0n) is 12.2. The third kappa shape index (κ3) is 4.13. The fourth-order valence-corrected chi connectivity index (χ4v) is 1.73. The van der Waals surface area contributed by atoms with E-state index in [9.17, 15) is 4.79 Å². The maximum absolute atomic E-state index is 11.6. The van der Waals surface area contributed by atoms with Gasteiger partial charge in [-0.15, -0.1) is 0 Å². The van der Waals surface area contributed by atoms with E-state index in [1.807, 2.05) is 4.90 Å². The molecule has 1 aromatic heterocycles. The van der Waals surface area contributed by atoms with Crippen molar-refractivity contribution in [3.63, 3.8) is 0 Å². The van der Waals surface area contributed by atoms with Gasteiger partial charge in [0.15, 0.2) is 0 Å². The molecule has 0 bridgehead atoms. The molecule has 10 heteroatoms. The molecule has 1 saturated heterocycles. The molecule has 21 heavy (non-hydrogen) atoms. The fourth-order valence-electron chi connectivity index (χ4n) is 1.73. The van der Waals surface area contributed by atoms with Crippen LogP contribution in [-0.4, -0.2) is 72.7 Å². The van der Waals surface area contributed by atoms with Crippen LogP contribution in [0.4, 0.5) is 17.8 Å². The van der Waals surface area contributed by atoms with Gasteiger partial charge in [0.1, 0.15) is 0 Å². The summed E-state index contributed by atoms with van der Waals surface area (Å²) in [5.41, 5.74) is 2.40. The zero-order chi connectivity index (χ0) is 15.2. The second-order valence-corrected chi connectivity index (χ2v) is 4.67. The van der Waals surface area contributed by atoms with Gasteiger partial charge in [0.2, 0.25) is 23.8 Å². The topological polar surface area (TPSA) is 122 Å². The number of nitrogen functional groups attached to an aromatic ring is 1. The molecule has 1 aromatic rings. The lowest BCUT2D eigenvalue weighted by atomic mass is 10.4. The molecule has 1 aliphatic heterocycles. The number of nitrogens with zero attached hydrogens (tertiary/aromatic N) is 5. The number of nitrogens with one attached hydrogen (secondary N) is 2. The predicted octanol–water partition coefficient (Wildman–Crippen LogP) is -1.51. The summed E-state index contributed by atoms with van der Waals surface area (Å²) in [7, 11) is 3.37. The molecular weight excluding hydrogens is 276 g/mol. The van der Waals surface area contributed by atoms with Crippen LogP contribution in [-0.2, 0) is 9.53 Å². The highest BCUT2D eigenvalue weighted by molar-refractivity contribution is 5.79. The van der Waals surface area contributed by atoms with E-state index in [1.165, 1.54) is 4.90 Å². The third-order valence-corrected chi connectivity index (χ3v) is 2.94. The van der Waals surface area contributed by atoms with E-state index in [2.05, 4.69) is 25.7 Å². The van der Waals surface area contributed by atoms with Crippen LogP contribution in [0.3, 0.4) is 0 Å². The molecule has 1 aliphatic rings. The normalized spacial score (nSPS) is 14.7. The van der Waals surface area contributed by atoms with E-state index in [1.54, 1.807) is 14.1 Å². The average molecular weight is 296 g/mol. The standard InChI is InChI=1S/C11H20N8O2/c1-18(2)8(20)7-13-9-14-10(17-12)16-11(15-9)19-3-5-21-6-4-19/h3-7,12H2,1-2H3,(H2,13,14,15,16,17). The number of amides is 1. The molecule has 2 rings (SSSR count). The number of nitrogens with two attached hydrogens (primary N) is 1. The number of carbonyl (C=O) groups excluding carboxylic acids is 1. The lowest BCUT2D eigenvalue weighted by Crippen LogP contribution is -2.38. The summed E-state index contributed by atoms with van der Waals surface area (Å²) >= 11 is 0. The van der Waals surface area contributed by atoms with Crippen LogP contribution in [0, 0.1) is 0 Å². The Morgan fingerprint density at radius 1 is 1.29 bits per heavy atom. The Bertz CT molecular complexity index is 489. The number of anilines is 3. The minimum absolute atomic E-state index is 0.0782. The molecule has 4 N–H and O–H groups in total. The van der Waals surface area contributed by atoms with Crippen LogP contribution in [0.2, 0.25) is 0 Å². The van der Waals surface area contributed by atoms with Crippen LogP contribution in [0.25, 0.3) is 0 Å². The Kier molecular flexibility index (Phi) is 5.06. The number of aromatic nitrogens is 3. The van der Waals surface area contributed by atoms with Crippen molar-refractivity contribution >= 4 is 23.8 Å².